The van der Waals surface area contributed by atoms with Gasteiger partial charge in [0, 0.05) is 0 Å². The molecule has 0 aromatic heterocycles. The van der Waals surface area contributed by atoms with Gasteiger partial charge in [0.25, 0.3) is 0 Å². The maximum absolute atomic E-state index is 11.7. The predicted molar refractivity (Wildman–Crippen MR) is 72.1 cm³/mol. The van der Waals surface area contributed by atoms with Gasteiger partial charge in [0.1, 0.15) is 17.6 Å². The number of nitrogens with zero attached hydrogens (tertiary/aromatic N) is 1. The second kappa shape index (κ2) is 5.44. The van der Waals surface area contributed by atoms with Crippen molar-refractivity contribution in [1.29, 1.82) is 5.41 Å². The van der Waals surface area contributed by atoms with Crippen molar-refractivity contribution in [3.8, 4) is 18.1 Å². The van der Waals surface area contributed by atoms with Gasteiger partial charge in [-0.2, -0.15) is 0 Å². The fourth-order valence-corrected chi connectivity index (χ4v) is 2.05. The van der Waals surface area contributed by atoms with Crippen molar-refractivity contribution >= 4 is 11.9 Å². The number of amidine groups is 1. The number of terminal acetylenes is 1. The van der Waals surface area contributed by atoms with Crippen LogP contribution in [0, 0.1) is 17.8 Å². The Morgan fingerprint density at radius 1 is 1.47 bits per heavy atom. The van der Waals surface area contributed by atoms with Crippen LogP contribution >= 0.6 is 0 Å². The Balaban J connectivity index is 2.26. The third kappa shape index (κ3) is 2.52. The summed E-state index contributed by atoms with van der Waals surface area (Å²) in [6, 6.07) is 6.55. The first-order valence-electron chi connectivity index (χ1n) is 5.99. The summed E-state index contributed by atoms with van der Waals surface area (Å²) in [6.45, 7) is 2.69. The quantitative estimate of drug-likeness (QED) is 0.807. The minimum Gasteiger partial charge on any atom is -0.494 e. The molecule has 98 valence electrons. The van der Waals surface area contributed by atoms with Crippen LogP contribution in [-0.2, 0) is 0 Å². The normalized spacial score (nSPS) is 18.1. The Hall–Kier alpha value is -2.48. The molecule has 1 aliphatic heterocycles. The van der Waals surface area contributed by atoms with E-state index < -0.39 is 6.04 Å². The smallest absolute Gasteiger partial charge is 0.324 e. The van der Waals surface area contributed by atoms with E-state index in [1.165, 1.54) is 4.90 Å². The van der Waals surface area contributed by atoms with Crippen molar-refractivity contribution in [1.82, 2.24) is 10.2 Å². The standard InChI is InChI=1S/C14H15N3O2/c1-3-9-17-12(13(15)16-14(17)18)10-5-7-11(8-6-10)19-4-2/h1,5-8,12H,4,9H2,2H3,(H2,15,16,18). The molecule has 1 aromatic carbocycles. The highest BCUT2D eigenvalue weighted by Crippen LogP contribution is 2.27. The molecule has 0 saturated carbocycles. The fraction of sp³-hybridized carbons (Fsp3) is 0.286. The number of carbonyl (C=O) groups excluding carboxylic acids is 1. The summed E-state index contributed by atoms with van der Waals surface area (Å²) < 4.78 is 5.36. The van der Waals surface area contributed by atoms with Gasteiger partial charge >= 0.3 is 6.03 Å². The topological polar surface area (TPSA) is 65.4 Å². The van der Waals surface area contributed by atoms with E-state index in [-0.39, 0.29) is 18.4 Å². The molecule has 0 radical (unpaired) electrons. The molecular formula is C14H15N3O2. The molecule has 1 heterocycles. The second-order valence-electron chi connectivity index (χ2n) is 4.08. The highest BCUT2D eigenvalue weighted by atomic mass is 16.5. The molecule has 5 nitrogen and oxygen atoms in total. The number of urea groups is 1. The molecule has 0 spiro atoms. The lowest BCUT2D eigenvalue weighted by Gasteiger charge is -2.20. The molecule has 0 bridgehead atoms. The van der Waals surface area contributed by atoms with Crippen LogP contribution in [0.4, 0.5) is 4.79 Å². The van der Waals surface area contributed by atoms with Gasteiger partial charge < -0.3 is 4.74 Å². The first-order valence-corrected chi connectivity index (χ1v) is 5.99. The van der Waals surface area contributed by atoms with E-state index >= 15 is 0 Å². The van der Waals surface area contributed by atoms with Gasteiger partial charge in [0.05, 0.1) is 13.2 Å². The van der Waals surface area contributed by atoms with Crippen molar-refractivity contribution in [3.05, 3.63) is 29.8 Å². The average molecular weight is 257 g/mol. The molecule has 1 aromatic rings. The number of hydrogen-bond donors (Lipinski definition) is 2. The van der Waals surface area contributed by atoms with Crippen molar-refractivity contribution in [2.24, 2.45) is 0 Å². The SMILES string of the molecule is C#CCN1C(=O)NC(=N)C1c1ccc(OCC)cc1. The number of amides is 2. The molecule has 0 aliphatic carbocycles. The number of rotatable bonds is 4. The molecule has 1 atom stereocenters. The summed E-state index contributed by atoms with van der Waals surface area (Å²) in [5.74, 6) is 3.34. The number of nitrogens with one attached hydrogen (secondary N) is 2. The van der Waals surface area contributed by atoms with Gasteiger partial charge in [-0.3, -0.25) is 15.6 Å². The van der Waals surface area contributed by atoms with Crippen LogP contribution in [-0.4, -0.2) is 29.9 Å². The van der Waals surface area contributed by atoms with E-state index in [4.69, 9.17) is 16.6 Å². The molecule has 5 heteroatoms. The van der Waals surface area contributed by atoms with Crippen molar-refractivity contribution in [2.75, 3.05) is 13.2 Å². The minimum absolute atomic E-state index is 0.143. The van der Waals surface area contributed by atoms with Gasteiger partial charge in [-0.15, -0.1) is 6.42 Å². The Morgan fingerprint density at radius 3 is 2.74 bits per heavy atom. The van der Waals surface area contributed by atoms with Crippen LogP contribution in [0.15, 0.2) is 24.3 Å². The lowest BCUT2D eigenvalue weighted by Crippen LogP contribution is -2.30. The molecule has 1 aliphatic rings. The van der Waals surface area contributed by atoms with E-state index in [0.29, 0.717) is 6.61 Å². The van der Waals surface area contributed by atoms with Gasteiger partial charge in [0.15, 0.2) is 0 Å². The van der Waals surface area contributed by atoms with Crippen LogP contribution < -0.4 is 10.1 Å². The van der Waals surface area contributed by atoms with Crippen LogP contribution in [0.1, 0.15) is 18.5 Å². The van der Waals surface area contributed by atoms with E-state index in [0.717, 1.165) is 11.3 Å². The molecular weight excluding hydrogens is 242 g/mol. The number of ether oxygens (including phenoxy) is 1. The van der Waals surface area contributed by atoms with Crippen LogP contribution in [0.25, 0.3) is 0 Å². The van der Waals surface area contributed by atoms with Crippen LogP contribution in [0.2, 0.25) is 0 Å². The van der Waals surface area contributed by atoms with E-state index in [9.17, 15) is 4.79 Å². The summed E-state index contributed by atoms with van der Waals surface area (Å²) >= 11 is 0. The molecule has 2 N–H and O–H groups in total. The zero-order chi connectivity index (χ0) is 13.8. The van der Waals surface area contributed by atoms with E-state index in [2.05, 4.69) is 11.2 Å². The Morgan fingerprint density at radius 2 is 2.16 bits per heavy atom. The zero-order valence-corrected chi connectivity index (χ0v) is 10.6. The molecule has 1 saturated heterocycles. The molecule has 19 heavy (non-hydrogen) atoms. The third-order valence-corrected chi connectivity index (χ3v) is 2.86. The Bertz CT molecular complexity index is 531. The molecule has 2 amide bonds. The zero-order valence-electron chi connectivity index (χ0n) is 10.6. The number of benzene rings is 1. The minimum atomic E-state index is -0.445. The van der Waals surface area contributed by atoms with Crippen molar-refractivity contribution in [2.45, 2.75) is 13.0 Å². The lowest BCUT2D eigenvalue weighted by molar-refractivity contribution is 0.212. The highest BCUT2D eigenvalue weighted by molar-refractivity contribution is 6.06. The second-order valence-corrected chi connectivity index (χ2v) is 4.08. The molecule has 1 unspecified atom stereocenters. The summed E-state index contributed by atoms with van der Waals surface area (Å²) in [4.78, 5) is 13.1. The lowest BCUT2D eigenvalue weighted by atomic mass is 10.1. The highest BCUT2D eigenvalue weighted by Gasteiger charge is 2.36. The summed E-state index contributed by atoms with van der Waals surface area (Å²) in [5, 5.41) is 10.3. The molecule has 1 fully saturated rings. The summed E-state index contributed by atoms with van der Waals surface area (Å²) in [7, 11) is 0. The summed E-state index contributed by atoms with van der Waals surface area (Å²) in [5.41, 5.74) is 0.835. The van der Waals surface area contributed by atoms with Crippen molar-refractivity contribution < 1.29 is 9.53 Å². The monoisotopic (exact) mass is 257 g/mol. The third-order valence-electron chi connectivity index (χ3n) is 2.86. The summed E-state index contributed by atoms with van der Waals surface area (Å²) in [6.07, 6.45) is 5.26. The van der Waals surface area contributed by atoms with Gasteiger partial charge in [0.2, 0.25) is 0 Å². The fourth-order valence-electron chi connectivity index (χ4n) is 2.05. The average Bonchev–Trinajstić information content (AvgIpc) is 2.67. The number of carbonyl (C=O) groups is 1. The van der Waals surface area contributed by atoms with E-state index in [1.54, 1.807) is 0 Å². The van der Waals surface area contributed by atoms with Gasteiger partial charge in [-0.05, 0) is 24.6 Å². The van der Waals surface area contributed by atoms with E-state index in [1.807, 2.05) is 31.2 Å². The molecule has 2 rings (SSSR count). The number of hydrogen-bond acceptors (Lipinski definition) is 3. The largest absolute Gasteiger partial charge is 0.494 e. The van der Waals surface area contributed by atoms with Gasteiger partial charge in [-0.1, -0.05) is 18.1 Å². The van der Waals surface area contributed by atoms with Crippen LogP contribution in [0.3, 0.4) is 0 Å². The maximum atomic E-state index is 11.7. The van der Waals surface area contributed by atoms with Crippen LogP contribution in [0.5, 0.6) is 5.75 Å². The Labute approximate surface area is 112 Å². The maximum Gasteiger partial charge on any atom is 0.324 e. The Kier molecular flexibility index (Phi) is 3.71. The first-order chi connectivity index (χ1) is 9.17. The van der Waals surface area contributed by atoms with Gasteiger partial charge in [-0.25, -0.2) is 4.79 Å². The van der Waals surface area contributed by atoms with Crippen molar-refractivity contribution in [3.63, 3.8) is 0 Å². The first kappa shape index (κ1) is 13.0. The predicted octanol–water partition coefficient (Wildman–Crippen LogP) is 1.76.